The summed E-state index contributed by atoms with van der Waals surface area (Å²) in [7, 11) is 0. The molecule has 1 aromatic heterocycles. The number of pyridine rings is 1. The summed E-state index contributed by atoms with van der Waals surface area (Å²) in [5.41, 5.74) is 1.76. The first-order valence-electron chi connectivity index (χ1n) is 5.08. The van der Waals surface area contributed by atoms with Crippen LogP contribution in [-0.2, 0) is 6.61 Å². The van der Waals surface area contributed by atoms with E-state index in [9.17, 15) is 0 Å². The van der Waals surface area contributed by atoms with Crippen LogP contribution in [0.4, 0.5) is 0 Å². The van der Waals surface area contributed by atoms with Crippen LogP contribution in [0, 0.1) is 0 Å². The topological polar surface area (TPSA) is 42.4 Å². The first kappa shape index (κ1) is 9.46. The van der Waals surface area contributed by atoms with Crippen LogP contribution in [0.25, 0.3) is 0 Å². The summed E-state index contributed by atoms with van der Waals surface area (Å²) in [6, 6.07) is 3.91. The number of rotatable bonds is 4. The molecule has 0 saturated heterocycles. The van der Waals surface area contributed by atoms with Crippen molar-refractivity contribution in [1.29, 1.82) is 0 Å². The molecule has 0 atom stereocenters. The molecule has 2 rings (SSSR count). The lowest BCUT2D eigenvalue weighted by Gasteiger charge is -2.08. The van der Waals surface area contributed by atoms with Gasteiger partial charge in [0.1, 0.15) is 11.4 Å². The maximum atomic E-state index is 9.13. The van der Waals surface area contributed by atoms with Crippen molar-refractivity contribution < 1.29 is 9.84 Å². The van der Waals surface area contributed by atoms with E-state index < -0.39 is 0 Å². The van der Waals surface area contributed by atoms with Crippen molar-refractivity contribution in [3.63, 3.8) is 0 Å². The van der Waals surface area contributed by atoms with Crippen LogP contribution >= 0.6 is 0 Å². The zero-order valence-electron chi connectivity index (χ0n) is 8.36. The Hall–Kier alpha value is -1.09. The predicted molar refractivity (Wildman–Crippen MR) is 53.3 cm³/mol. The Bertz CT molecular complexity index is 321. The van der Waals surface area contributed by atoms with Gasteiger partial charge < -0.3 is 9.84 Å². The summed E-state index contributed by atoms with van der Waals surface area (Å²) in [6.45, 7) is 2.49. The van der Waals surface area contributed by atoms with E-state index in [0.717, 1.165) is 5.69 Å². The minimum atomic E-state index is -0.0457. The Kier molecular flexibility index (Phi) is 2.68. The summed E-state index contributed by atoms with van der Waals surface area (Å²) in [6.07, 6.45) is 2.46. The van der Waals surface area contributed by atoms with Gasteiger partial charge in [-0.05, 0) is 31.9 Å². The second-order valence-corrected chi connectivity index (χ2v) is 3.55. The molecule has 1 aromatic rings. The lowest BCUT2D eigenvalue weighted by Crippen LogP contribution is -2.01. The van der Waals surface area contributed by atoms with Crippen LogP contribution in [0.3, 0.4) is 0 Å². The molecule has 76 valence electrons. The van der Waals surface area contributed by atoms with Crippen LogP contribution in [0.15, 0.2) is 12.1 Å². The van der Waals surface area contributed by atoms with Gasteiger partial charge in [-0.15, -0.1) is 0 Å². The van der Waals surface area contributed by atoms with Crippen molar-refractivity contribution in [2.75, 3.05) is 6.61 Å². The van der Waals surface area contributed by atoms with Gasteiger partial charge in [0, 0.05) is 11.6 Å². The molecule has 0 aromatic carbocycles. The number of nitrogens with zero attached hydrogens (tertiary/aromatic N) is 1. The fraction of sp³-hybridized carbons (Fsp3) is 0.545. The number of ether oxygens (including phenoxy) is 1. The molecular formula is C11H15NO2. The molecule has 1 saturated carbocycles. The summed E-state index contributed by atoms with van der Waals surface area (Å²) < 4.78 is 5.36. The predicted octanol–water partition coefficient (Wildman–Crippen LogP) is 1.85. The third-order valence-corrected chi connectivity index (χ3v) is 2.40. The average molecular weight is 193 g/mol. The highest BCUT2D eigenvalue weighted by molar-refractivity contribution is 5.31. The van der Waals surface area contributed by atoms with Gasteiger partial charge in [-0.1, -0.05) is 0 Å². The molecule has 1 fully saturated rings. The molecule has 0 unspecified atom stereocenters. The number of aliphatic hydroxyl groups excluding tert-OH is 1. The Morgan fingerprint density at radius 3 is 2.86 bits per heavy atom. The molecule has 3 nitrogen and oxygen atoms in total. The molecule has 1 aliphatic rings. The number of hydrogen-bond donors (Lipinski definition) is 1. The van der Waals surface area contributed by atoms with E-state index in [4.69, 9.17) is 9.84 Å². The van der Waals surface area contributed by atoms with Crippen molar-refractivity contribution in [3.8, 4) is 5.75 Å². The fourth-order valence-electron chi connectivity index (χ4n) is 1.51. The number of aliphatic hydroxyl groups is 1. The first-order chi connectivity index (χ1) is 6.85. The molecule has 0 bridgehead atoms. The van der Waals surface area contributed by atoms with E-state index in [2.05, 4.69) is 4.98 Å². The van der Waals surface area contributed by atoms with E-state index in [1.807, 2.05) is 19.1 Å². The Labute approximate surface area is 83.7 Å². The largest absolute Gasteiger partial charge is 0.492 e. The van der Waals surface area contributed by atoms with Crippen molar-refractivity contribution in [3.05, 3.63) is 23.5 Å². The second-order valence-electron chi connectivity index (χ2n) is 3.55. The highest BCUT2D eigenvalue weighted by Crippen LogP contribution is 2.39. The highest BCUT2D eigenvalue weighted by Gasteiger charge is 2.25. The lowest BCUT2D eigenvalue weighted by molar-refractivity contribution is 0.261. The molecule has 0 spiro atoms. The third-order valence-electron chi connectivity index (χ3n) is 2.40. The van der Waals surface area contributed by atoms with Gasteiger partial charge in [0.25, 0.3) is 0 Å². The van der Waals surface area contributed by atoms with E-state index >= 15 is 0 Å². The lowest BCUT2D eigenvalue weighted by atomic mass is 10.2. The van der Waals surface area contributed by atoms with E-state index in [0.29, 0.717) is 24.0 Å². The van der Waals surface area contributed by atoms with Crippen LogP contribution in [0.5, 0.6) is 5.75 Å². The standard InChI is InChI=1S/C11H15NO2/c1-2-14-11-6-5-9(8-3-4-8)12-10(11)7-13/h5-6,8,13H,2-4,7H2,1H3. The summed E-state index contributed by atoms with van der Waals surface area (Å²) in [4.78, 5) is 4.40. The van der Waals surface area contributed by atoms with E-state index in [1.165, 1.54) is 12.8 Å². The molecule has 1 heterocycles. The maximum absolute atomic E-state index is 9.13. The van der Waals surface area contributed by atoms with Gasteiger partial charge in [-0.3, -0.25) is 4.98 Å². The molecule has 14 heavy (non-hydrogen) atoms. The Balaban J connectivity index is 2.24. The second kappa shape index (κ2) is 3.96. The molecule has 0 aliphatic heterocycles. The third kappa shape index (κ3) is 1.87. The molecule has 3 heteroatoms. The number of aromatic nitrogens is 1. The van der Waals surface area contributed by atoms with Crippen molar-refractivity contribution in [1.82, 2.24) is 4.98 Å². The normalized spacial score (nSPS) is 15.6. The molecule has 0 radical (unpaired) electrons. The van der Waals surface area contributed by atoms with Gasteiger partial charge in [0.05, 0.1) is 13.2 Å². The van der Waals surface area contributed by atoms with Gasteiger partial charge in [0.15, 0.2) is 0 Å². The highest BCUT2D eigenvalue weighted by atomic mass is 16.5. The first-order valence-corrected chi connectivity index (χ1v) is 5.08. The molecule has 0 amide bonds. The van der Waals surface area contributed by atoms with Crippen LogP contribution in [0.2, 0.25) is 0 Å². The fourth-order valence-corrected chi connectivity index (χ4v) is 1.51. The molecular weight excluding hydrogens is 178 g/mol. The minimum absolute atomic E-state index is 0.0457. The van der Waals surface area contributed by atoms with Gasteiger partial charge in [0.2, 0.25) is 0 Å². The van der Waals surface area contributed by atoms with E-state index in [1.54, 1.807) is 0 Å². The Morgan fingerprint density at radius 2 is 2.29 bits per heavy atom. The zero-order chi connectivity index (χ0) is 9.97. The van der Waals surface area contributed by atoms with Crippen LogP contribution in [-0.4, -0.2) is 16.7 Å². The summed E-state index contributed by atoms with van der Waals surface area (Å²) in [5.74, 6) is 1.33. The maximum Gasteiger partial charge on any atom is 0.143 e. The number of hydrogen-bond acceptors (Lipinski definition) is 3. The van der Waals surface area contributed by atoms with Gasteiger partial charge >= 0.3 is 0 Å². The Morgan fingerprint density at radius 1 is 1.50 bits per heavy atom. The molecule has 1 N–H and O–H groups in total. The SMILES string of the molecule is CCOc1ccc(C2CC2)nc1CO. The van der Waals surface area contributed by atoms with Crippen molar-refractivity contribution in [2.24, 2.45) is 0 Å². The van der Waals surface area contributed by atoms with Crippen LogP contribution in [0.1, 0.15) is 37.1 Å². The van der Waals surface area contributed by atoms with Gasteiger partial charge in [-0.2, -0.15) is 0 Å². The summed E-state index contributed by atoms with van der Waals surface area (Å²) in [5, 5.41) is 9.13. The van der Waals surface area contributed by atoms with Gasteiger partial charge in [-0.25, -0.2) is 0 Å². The van der Waals surface area contributed by atoms with Crippen molar-refractivity contribution >= 4 is 0 Å². The van der Waals surface area contributed by atoms with E-state index in [-0.39, 0.29) is 6.61 Å². The monoisotopic (exact) mass is 193 g/mol. The quantitative estimate of drug-likeness (QED) is 0.793. The molecule has 1 aliphatic carbocycles. The zero-order valence-corrected chi connectivity index (χ0v) is 8.36. The van der Waals surface area contributed by atoms with Crippen LogP contribution < -0.4 is 4.74 Å². The summed E-state index contributed by atoms with van der Waals surface area (Å²) >= 11 is 0. The van der Waals surface area contributed by atoms with Crippen molar-refractivity contribution in [2.45, 2.75) is 32.3 Å². The average Bonchev–Trinajstić information content (AvgIpc) is 3.02. The minimum Gasteiger partial charge on any atom is -0.492 e. The smallest absolute Gasteiger partial charge is 0.143 e.